The molecule has 0 radical (unpaired) electrons. The van der Waals surface area contributed by atoms with Crippen LogP contribution in [0.15, 0.2) is 5.16 Å². The van der Waals surface area contributed by atoms with E-state index >= 15 is 0 Å². The van der Waals surface area contributed by atoms with Crippen LogP contribution in [0.5, 0.6) is 0 Å². The Bertz CT molecular complexity index is 283. The molecule has 5 nitrogen and oxygen atoms in total. The first-order chi connectivity index (χ1) is 7.58. The maximum atomic E-state index is 12.3. The molecule has 1 rings (SSSR count). The molecule has 0 aliphatic heterocycles. The summed E-state index contributed by atoms with van der Waals surface area (Å²) in [6, 6.07) is 0. The molecule has 1 amide bonds. The van der Waals surface area contributed by atoms with Gasteiger partial charge in [0.2, 0.25) is 5.91 Å². The Hall–Kier alpha value is -1.26. The summed E-state index contributed by atoms with van der Waals surface area (Å²) < 4.78 is 0. The van der Waals surface area contributed by atoms with Crippen LogP contribution in [-0.4, -0.2) is 35.4 Å². The van der Waals surface area contributed by atoms with Crippen LogP contribution in [0.1, 0.15) is 39.0 Å². The summed E-state index contributed by atoms with van der Waals surface area (Å²) in [5.41, 5.74) is 4.96. The molecule has 3 N–H and O–H groups in total. The zero-order valence-electron chi connectivity index (χ0n) is 10.1. The van der Waals surface area contributed by atoms with E-state index in [2.05, 4.69) is 5.16 Å². The quantitative estimate of drug-likeness (QED) is 0.329. The summed E-state index contributed by atoms with van der Waals surface area (Å²) in [4.78, 5) is 13.9. The van der Waals surface area contributed by atoms with Gasteiger partial charge in [0.25, 0.3) is 0 Å². The highest BCUT2D eigenvalue weighted by atomic mass is 16.4. The number of hydrogen-bond donors (Lipinski definition) is 2. The lowest BCUT2D eigenvalue weighted by Crippen LogP contribution is -2.51. The molecule has 0 spiro atoms. The Kier molecular flexibility index (Phi) is 4.15. The Morgan fingerprint density at radius 3 is 2.44 bits per heavy atom. The average Bonchev–Trinajstić information content (AvgIpc) is 2.36. The van der Waals surface area contributed by atoms with Crippen molar-refractivity contribution in [3.63, 3.8) is 0 Å². The molecule has 16 heavy (non-hydrogen) atoms. The molecule has 0 aromatic heterocycles. The van der Waals surface area contributed by atoms with Gasteiger partial charge in [-0.3, -0.25) is 4.79 Å². The fraction of sp³-hybridized carbons (Fsp3) is 0.818. The van der Waals surface area contributed by atoms with Crippen LogP contribution in [-0.2, 0) is 4.79 Å². The predicted octanol–water partition coefficient (Wildman–Crippen LogP) is 1.16. The second kappa shape index (κ2) is 5.18. The topological polar surface area (TPSA) is 78.9 Å². The van der Waals surface area contributed by atoms with Crippen molar-refractivity contribution in [3.8, 4) is 0 Å². The Labute approximate surface area is 96.3 Å². The number of carbonyl (C=O) groups excluding carboxylic acids is 1. The third kappa shape index (κ3) is 2.13. The third-order valence-corrected chi connectivity index (χ3v) is 3.54. The van der Waals surface area contributed by atoms with Crippen molar-refractivity contribution in [2.75, 3.05) is 13.6 Å². The highest BCUT2D eigenvalue weighted by Gasteiger charge is 2.45. The predicted molar refractivity (Wildman–Crippen MR) is 62.2 cm³/mol. The molecule has 1 fully saturated rings. The molecule has 0 atom stereocenters. The molecule has 5 heteroatoms. The van der Waals surface area contributed by atoms with Crippen LogP contribution in [0.2, 0.25) is 0 Å². The van der Waals surface area contributed by atoms with Gasteiger partial charge in [-0.25, -0.2) is 0 Å². The van der Waals surface area contributed by atoms with Crippen molar-refractivity contribution in [2.24, 2.45) is 16.3 Å². The smallest absolute Gasteiger partial charge is 0.236 e. The number of nitrogens with two attached hydrogens (primary N) is 1. The fourth-order valence-electron chi connectivity index (χ4n) is 2.34. The van der Waals surface area contributed by atoms with Gasteiger partial charge in [0, 0.05) is 13.6 Å². The summed E-state index contributed by atoms with van der Waals surface area (Å²) >= 11 is 0. The van der Waals surface area contributed by atoms with Crippen LogP contribution in [0.3, 0.4) is 0 Å². The Morgan fingerprint density at radius 1 is 1.44 bits per heavy atom. The molecule has 0 bridgehead atoms. The molecule has 92 valence electrons. The molecular formula is C11H21N3O2. The van der Waals surface area contributed by atoms with Crippen molar-refractivity contribution in [3.05, 3.63) is 0 Å². The number of nitrogens with zero attached hydrogens (tertiary/aromatic N) is 2. The van der Waals surface area contributed by atoms with E-state index in [0.29, 0.717) is 19.4 Å². The lowest BCUT2D eigenvalue weighted by Gasteiger charge is -2.37. The number of carbonyl (C=O) groups is 1. The third-order valence-electron chi connectivity index (χ3n) is 3.54. The molecule has 0 aromatic carbocycles. The standard InChI is InChI=1S/C11H21N3O2/c1-3-14(2)10(15)11(9(12)13-16)7-5-4-6-8-11/h16H,3-8H2,1-2H3,(H2,12,13). The molecular weight excluding hydrogens is 206 g/mol. The normalized spacial score (nSPS) is 20.5. The number of oxime groups is 1. The number of rotatable bonds is 3. The van der Waals surface area contributed by atoms with Gasteiger partial charge in [0.1, 0.15) is 5.41 Å². The summed E-state index contributed by atoms with van der Waals surface area (Å²) in [6.07, 6.45) is 4.40. The monoisotopic (exact) mass is 227 g/mol. The molecule has 0 heterocycles. The van der Waals surface area contributed by atoms with Crippen LogP contribution in [0, 0.1) is 5.41 Å². The van der Waals surface area contributed by atoms with Gasteiger partial charge in [0.05, 0.1) is 0 Å². The summed E-state index contributed by atoms with van der Waals surface area (Å²) in [6.45, 7) is 2.56. The SMILES string of the molecule is CCN(C)C(=O)C1(C(N)=NO)CCCCC1. The summed E-state index contributed by atoms with van der Waals surface area (Å²) in [5, 5.41) is 11.9. The van der Waals surface area contributed by atoms with Gasteiger partial charge in [-0.15, -0.1) is 0 Å². The zero-order valence-corrected chi connectivity index (χ0v) is 10.1. The molecule has 0 aromatic rings. The van der Waals surface area contributed by atoms with E-state index in [0.717, 1.165) is 19.3 Å². The van der Waals surface area contributed by atoms with E-state index in [-0.39, 0.29) is 11.7 Å². The van der Waals surface area contributed by atoms with Crippen LogP contribution >= 0.6 is 0 Å². The highest BCUT2D eigenvalue weighted by Crippen LogP contribution is 2.38. The van der Waals surface area contributed by atoms with E-state index in [1.165, 1.54) is 0 Å². The summed E-state index contributed by atoms with van der Waals surface area (Å²) in [5.74, 6) is 0.0440. The van der Waals surface area contributed by atoms with Gasteiger partial charge in [-0.2, -0.15) is 0 Å². The fourth-order valence-corrected chi connectivity index (χ4v) is 2.34. The van der Waals surface area contributed by atoms with Crippen molar-refractivity contribution < 1.29 is 10.0 Å². The van der Waals surface area contributed by atoms with Gasteiger partial charge < -0.3 is 15.8 Å². The molecule has 0 saturated heterocycles. The minimum atomic E-state index is -0.766. The van der Waals surface area contributed by atoms with Crippen LogP contribution in [0.25, 0.3) is 0 Å². The minimum absolute atomic E-state index is 0.0231. The molecule has 1 aliphatic rings. The number of hydrogen-bond acceptors (Lipinski definition) is 3. The van der Waals surface area contributed by atoms with E-state index in [1.54, 1.807) is 11.9 Å². The molecule has 1 saturated carbocycles. The lowest BCUT2D eigenvalue weighted by molar-refractivity contribution is -0.138. The first-order valence-corrected chi connectivity index (χ1v) is 5.82. The van der Waals surface area contributed by atoms with E-state index < -0.39 is 5.41 Å². The van der Waals surface area contributed by atoms with Crippen molar-refractivity contribution in [2.45, 2.75) is 39.0 Å². The number of amidine groups is 1. The van der Waals surface area contributed by atoms with Gasteiger partial charge >= 0.3 is 0 Å². The van der Waals surface area contributed by atoms with E-state index in [4.69, 9.17) is 10.9 Å². The first-order valence-electron chi connectivity index (χ1n) is 5.82. The largest absolute Gasteiger partial charge is 0.409 e. The second-order valence-electron chi connectivity index (χ2n) is 4.45. The Balaban J connectivity index is 2.99. The Morgan fingerprint density at radius 2 is 2.00 bits per heavy atom. The van der Waals surface area contributed by atoms with E-state index in [9.17, 15) is 4.79 Å². The van der Waals surface area contributed by atoms with Crippen molar-refractivity contribution in [1.29, 1.82) is 0 Å². The van der Waals surface area contributed by atoms with Crippen molar-refractivity contribution in [1.82, 2.24) is 4.90 Å². The van der Waals surface area contributed by atoms with Crippen LogP contribution < -0.4 is 5.73 Å². The molecule has 0 unspecified atom stereocenters. The first kappa shape index (κ1) is 12.8. The maximum Gasteiger partial charge on any atom is 0.236 e. The van der Waals surface area contributed by atoms with Gasteiger partial charge in [-0.05, 0) is 19.8 Å². The van der Waals surface area contributed by atoms with Gasteiger partial charge in [-0.1, -0.05) is 24.4 Å². The number of amides is 1. The highest BCUT2D eigenvalue weighted by molar-refractivity contribution is 6.06. The lowest BCUT2D eigenvalue weighted by atomic mass is 9.72. The average molecular weight is 227 g/mol. The summed E-state index contributed by atoms with van der Waals surface area (Å²) in [7, 11) is 1.75. The van der Waals surface area contributed by atoms with Crippen molar-refractivity contribution >= 4 is 11.7 Å². The van der Waals surface area contributed by atoms with Gasteiger partial charge in [0.15, 0.2) is 5.84 Å². The van der Waals surface area contributed by atoms with Crippen LogP contribution in [0.4, 0.5) is 0 Å². The second-order valence-corrected chi connectivity index (χ2v) is 4.45. The zero-order chi connectivity index (χ0) is 12.2. The van der Waals surface area contributed by atoms with E-state index in [1.807, 2.05) is 6.92 Å². The molecule has 1 aliphatic carbocycles. The maximum absolute atomic E-state index is 12.3. The minimum Gasteiger partial charge on any atom is -0.409 e.